The first kappa shape index (κ1) is 15.3. The number of aliphatic hydroxyl groups is 1. The molecule has 2 rings (SSSR count). The molecule has 1 saturated heterocycles. The van der Waals surface area contributed by atoms with Crippen molar-refractivity contribution in [3.63, 3.8) is 0 Å². The molecule has 8 heteroatoms. The van der Waals surface area contributed by atoms with Crippen molar-refractivity contribution >= 4 is 11.6 Å². The van der Waals surface area contributed by atoms with Gasteiger partial charge in [0.05, 0.1) is 22.2 Å². The Morgan fingerprint density at radius 1 is 1.48 bits per heavy atom. The lowest BCUT2D eigenvalue weighted by molar-refractivity contribution is -0.387. The van der Waals surface area contributed by atoms with Crippen LogP contribution < -0.4 is 0 Å². The number of nitro groups is 1. The van der Waals surface area contributed by atoms with Gasteiger partial charge in [-0.1, -0.05) is 0 Å². The molecule has 1 aliphatic heterocycles. The second-order valence-electron chi connectivity index (χ2n) is 5.37. The summed E-state index contributed by atoms with van der Waals surface area (Å²) in [7, 11) is 0. The number of hydrogen-bond donors (Lipinski definition) is 1. The minimum absolute atomic E-state index is 0.0322. The summed E-state index contributed by atoms with van der Waals surface area (Å²) in [5.74, 6) is -3.29. The lowest BCUT2D eigenvalue weighted by Crippen LogP contribution is -2.48. The highest BCUT2D eigenvalue weighted by molar-refractivity contribution is 5.95. The number of piperidine rings is 1. The zero-order valence-corrected chi connectivity index (χ0v) is 11.3. The smallest absolute Gasteiger partial charge is 0.308 e. The summed E-state index contributed by atoms with van der Waals surface area (Å²) < 4.78 is 27.3. The quantitative estimate of drug-likeness (QED) is 0.667. The first-order valence-electron chi connectivity index (χ1n) is 6.36. The third-order valence-corrected chi connectivity index (χ3v) is 3.41. The van der Waals surface area contributed by atoms with Crippen LogP contribution in [-0.4, -0.2) is 39.5 Å². The number of likely N-dealkylation sites (tertiary alicyclic amines) is 1. The monoisotopic (exact) mass is 300 g/mol. The maximum atomic E-state index is 14.0. The number of amides is 1. The molecule has 1 fully saturated rings. The van der Waals surface area contributed by atoms with E-state index in [4.69, 9.17) is 0 Å². The molecule has 1 atom stereocenters. The average Bonchev–Trinajstić information content (AvgIpc) is 2.38. The van der Waals surface area contributed by atoms with E-state index < -0.39 is 39.3 Å². The SMILES string of the molecule is CC1(O)CCCN(C(=O)c2cc(F)cc([N+](=O)[O-])c2F)C1. The van der Waals surface area contributed by atoms with Gasteiger partial charge in [0.1, 0.15) is 5.82 Å². The Morgan fingerprint density at radius 2 is 2.14 bits per heavy atom. The highest BCUT2D eigenvalue weighted by Gasteiger charge is 2.34. The Balaban J connectivity index is 2.37. The number of nitrogens with zero attached hydrogens (tertiary/aromatic N) is 2. The molecule has 0 aromatic heterocycles. The molecule has 1 aliphatic rings. The molecule has 0 radical (unpaired) electrons. The normalized spacial score (nSPS) is 22.2. The van der Waals surface area contributed by atoms with Crippen LogP contribution in [0.2, 0.25) is 0 Å². The number of β-amino-alcohol motifs (C(OH)–C–C–N with tert-alkyl or cyclic N) is 1. The van der Waals surface area contributed by atoms with Crippen molar-refractivity contribution in [1.29, 1.82) is 0 Å². The molecule has 114 valence electrons. The third kappa shape index (κ3) is 3.15. The Labute approximate surface area is 119 Å². The van der Waals surface area contributed by atoms with Crippen LogP contribution in [0.5, 0.6) is 0 Å². The molecule has 1 amide bonds. The number of hydrogen-bond acceptors (Lipinski definition) is 4. The summed E-state index contributed by atoms with van der Waals surface area (Å²) in [5, 5.41) is 20.6. The summed E-state index contributed by atoms with van der Waals surface area (Å²) in [6.45, 7) is 1.78. The van der Waals surface area contributed by atoms with E-state index in [-0.39, 0.29) is 13.1 Å². The summed E-state index contributed by atoms with van der Waals surface area (Å²) in [6, 6.07) is 1.06. The van der Waals surface area contributed by atoms with Crippen molar-refractivity contribution in [2.24, 2.45) is 0 Å². The van der Waals surface area contributed by atoms with Gasteiger partial charge in [-0.3, -0.25) is 14.9 Å². The summed E-state index contributed by atoms with van der Waals surface area (Å²) in [5.41, 5.74) is -2.88. The minimum Gasteiger partial charge on any atom is -0.388 e. The highest BCUT2D eigenvalue weighted by Crippen LogP contribution is 2.26. The zero-order valence-electron chi connectivity index (χ0n) is 11.3. The van der Waals surface area contributed by atoms with Crippen molar-refractivity contribution in [2.45, 2.75) is 25.4 Å². The highest BCUT2D eigenvalue weighted by atomic mass is 19.1. The molecule has 0 aliphatic carbocycles. The fourth-order valence-corrected chi connectivity index (χ4v) is 2.43. The molecule has 1 N–H and O–H groups in total. The van der Waals surface area contributed by atoms with Crippen LogP contribution in [0.1, 0.15) is 30.1 Å². The molecule has 1 heterocycles. The van der Waals surface area contributed by atoms with Crippen LogP contribution in [-0.2, 0) is 0 Å². The van der Waals surface area contributed by atoms with Crippen molar-refractivity contribution in [2.75, 3.05) is 13.1 Å². The Morgan fingerprint density at radius 3 is 2.71 bits per heavy atom. The first-order valence-corrected chi connectivity index (χ1v) is 6.36. The Hall–Kier alpha value is -2.09. The van der Waals surface area contributed by atoms with Gasteiger partial charge in [-0.05, 0) is 25.8 Å². The molecule has 1 aromatic rings. The average molecular weight is 300 g/mol. The third-order valence-electron chi connectivity index (χ3n) is 3.41. The molecular weight excluding hydrogens is 286 g/mol. The number of benzene rings is 1. The lowest BCUT2D eigenvalue weighted by Gasteiger charge is -2.36. The first-order chi connectivity index (χ1) is 9.71. The predicted octanol–water partition coefficient (Wildman–Crippen LogP) is 1.86. The van der Waals surface area contributed by atoms with Crippen LogP contribution in [0, 0.1) is 21.7 Å². The number of carbonyl (C=O) groups is 1. The van der Waals surface area contributed by atoms with E-state index in [2.05, 4.69) is 0 Å². The zero-order chi connectivity index (χ0) is 15.8. The Kier molecular flexibility index (Phi) is 3.91. The van der Waals surface area contributed by atoms with Gasteiger partial charge in [0.25, 0.3) is 5.91 Å². The molecule has 21 heavy (non-hydrogen) atoms. The number of rotatable bonds is 2. The fraction of sp³-hybridized carbons (Fsp3) is 0.462. The van der Waals surface area contributed by atoms with Crippen LogP contribution in [0.25, 0.3) is 0 Å². The van der Waals surface area contributed by atoms with Gasteiger partial charge in [-0.2, -0.15) is 4.39 Å². The molecule has 0 bridgehead atoms. The molecule has 0 spiro atoms. The lowest BCUT2D eigenvalue weighted by atomic mass is 9.94. The van der Waals surface area contributed by atoms with E-state index >= 15 is 0 Å². The largest absolute Gasteiger partial charge is 0.388 e. The van der Waals surface area contributed by atoms with E-state index in [9.17, 15) is 28.8 Å². The fourth-order valence-electron chi connectivity index (χ4n) is 2.43. The molecule has 1 unspecified atom stereocenters. The van der Waals surface area contributed by atoms with E-state index in [0.29, 0.717) is 25.0 Å². The number of nitro benzene ring substituents is 1. The van der Waals surface area contributed by atoms with Gasteiger partial charge < -0.3 is 10.0 Å². The van der Waals surface area contributed by atoms with Crippen LogP contribution >= 0.6 is 0 Å². The van der Waals surface area contributed by atoms with E-state index in [1.54, 1.807) is 0 Å². The van der Waals surface area contributed by atoms with E-state index in [1.807, 2.05) is 0 Å². The maximum Gasteiger partial charge on any atom is 0.308 e. The van der Waals surface area contributed by atoms with Gasteiger partial charge in [0, 0.05) is 13.1 Å². The molecule has 6 nitrogen and oxygen atoms in total. The topological polar surface area (TPSA) is 83.7 Å². The van der Waals surface area contributed by atoms with Crippen LogP contribution in [0.4, 0.5) is 14.5 Å². The standard InChI is InChI=1S/C13H14F2N2O4/c1-13(19)3-2-4-16(7-13)12(18)9-5-8(14)6-10(11(9)15)17(20)21/h5-6,19H,2-4,7H2,1H3. The number of carbonyl (C=O) groups excluding carboxylic acids is 1. The van der Waals surface area contributed by atoms with Gasteiger partial charge >= 0.3 is 5.69 Å². The predicted molar refractivity (Wildman–Crippen MR) is 68.8 cm³/mol. The second kappa shape index (κ2) is 5.36. The summed E-state index contributed by atoms with van der Waals surface area (Å²) in [4.78, 5) is 23.0. The van der Waals surface area contributed by atoms with Crippen molar-refractivity contribution < 1.29 is 23.6 Å². The maximum absolute atomic E-state index is 14.0. The second-order valence-corrected chi connectivity index (χ2v) is 5.37. The molecule has 0 saturated carbocycles. The van der Waals surface area contributed by atoms with Gasteiger partial charge in [-0.25, -0.2) is 4.39 Å². The molecule has 1 aromatic carbocycles. The molecular formula is C13H14F2N2O4. The minimum atomic E-state index is -1.36. The van der Waals surface area contributed by atoms with Crippen molar-refractivity contribution in [3.8, 4) is 0 Å². The summed E-state index contributed by atoms with van der Waals surface area (Å²) in [6.07, 6.45) is 1.00. The van der Waals surface area contributed by atoms with E-state index in [0.717, 1.165) is 0 Å². The Bertz CT molecular complexity index is 604. The van der Waals surface area contributed by atoms with E-state index in [1.165, 1.54) is 11.8 Å². The van der Waals surface area contributed by atoms with Crippen LogP contribution in [0.15, 0.2) is 12.1 Å². The van der Waals surface area contributed by atoms with Crippen LogP contribution in [0.3, 0.4) is 0 Å². The summed E-state index contributed by atoms with van der Waals surface area (Å²) >= 11 is 0. The van der Waals surface area contributed by atoms with Crippen molar-refractivity contribution in [1.82, 2.24) is 4.90 Å². The van der Waals surface area contributed by atoms with Crippen molar-refractivity contribution in [3.05, 3.63) is 39.4 Å². The number of halogens is 2. The van der Waals surface area contributed by atoms with Gasteiger partial charge in [0.15, 0.2) is 0 Å². The van der Waals surface area contributed by atoms with Gasteiger partial charge in [-0.15, -0.1) is 0 Å². The van der Waals surface area contributed by atoms with Gasteiger partial charge in [0.2, 0.25) is 5.82 Å².